The summed E-state index contributed by atoms with van der Waals surface area (Å²) in [6.07, 6.45) is 0. The van der Waals surface area contributed by atoms with Crippen molar-refractivity contribution in [2.75, 3.05) is 7.11 Å². The summed E-state index contributed by atoms with van der Waals surface area (Å²) in [5, 5.41) is 3.71. The first-order valence-corrected chi connectivity index (χ1v) is 4.00. The number of halogens is 1. The number of carbonyl (C=O) groups is 1. The summed E-state index contributed by atoms with van der Waals surface area (Å²) < 4.78 is 4.50. The van der Waals surface area contributed by atoms with E-state index in [0.29, 0.717) is 5.02 Å². The normalized spacial score (nSPS) is 9.00. The van der Waals surface area contributed by atoms with Crippen LogP contribution in [0.3, 0.4) is 0 Å². The van der Waals surface area contributed by atoms with Gasteiger partial charge in [-0.15, -0.1) is 0 Å². The third kappa shape index (κ3) is 2.16. The first kappa shape index (κ1) is 10.4. The number of nitrogens with zero attached hydrogens (tertiary/aromatic N) is 3. The Balaban J connectivity index is 3.28. The van der Waals surface area contributed by atoms with Crippen LogP contribution >= 0.6 is 11.6 Å². The van der Waals surface area contributed by atoms with Gasteiger partial charge in [-0.05, 0) is 17.7 Å². The molecule has 0 atom stereocenters. The van der Waals surface area contributed by atoms with Gasteiger partial charge < -0.3 is 4.74 Å². The van der Waals surface area contributed by atoms with Crippen LogP contribution in [0.2, 0.25) is 5.02 Å². The zero-order valence-corrected chi connectivity index (χ0v) is 8.02. The molecule has 0 aliphatic carbocycles. The molecule has 1 aromatic carbocycles. The van der Waals surface area contributed by atoms with Crippen LogP contribution in [0.4, 0.5) is 5.69 Å². The highest BCUT2D eigenvalue weighted by Gasteiger charge is 2.10. The summed E-state index contributed by atoms with van der Waals surface area (Å²) in [5.41, 5.74) is 8.59. The van der Waals surface area contributed by atoms with Crippen LogP contribution in [-0.2, 0) is 4.74 Å². The molecule has 0 unspecified atom stereocenters. The van der Waals surface area contributed by atoms with E-state index in [9.17, 15) is 4.79 Å². The van der Waals surface area contributed by atoms with Crippen molar-refractivity contribution in [3.05, 3.63) is 39.2 Å². The Labute approximate surface area is 84.9 Å². The third-order valence-electron chi connectivity index (χ3n) is 1.52. The van der Waals surface area contributed by atoms with Gasteiger partial charge in [0.2, 0.25) is 0 Å². The molecule has 0 saturated heterocycles. The fourth-order valence-electron chi connectivity index (χ4n) is 0.917. The number of methoxy groups -OCH3 is 1. The van der Waals surface area contributed by atoms with Crippen molar-refractivity contribution in [3.8, 4) is 0 Å². The van der Waals surface area contributed by atoms with E-state index >= 15 is 0 Å². The first-order valence-electron chi connectivity index (χ1n) is 3.62. The summed E-state index contributed by atoms with van der Waals surface area (Å²) >= 11 is 5.68. The van der Waals surface area contributed by atoms with E-state index in [4.69, 9.17) is 17.1 Å². The van der Waals surface area contributed by atoms with Crippen LogP contribution in [0.15, 0.2) is 23.3 Å². The van der Waals surface area contributed by atoms with Gasteiger partial charge >= 0.3 is 5.97 Å². The summed E-state index contributed by atoms with van der Waals surface area (Å²) in [5.74, 6) is -0.588. The minimum atomic E-state index is -0.588. The van der Waals surface area contributed by atoms with E-state index in [1.807, 2.05) is 0 Å². The number of rotatable bonds is 2. The molecule has 0 fully saturated rings. The second-order valence-electron chi connectivity index (χ2n) is 2.34. The average molecular weight is 212 g/mol. The quantitative estimate of drug-likeness (QED) is 0.326. The lowest BCUT2D eigenvalue weighted by Crippen LogP contribution is -2.01. The van der Waals surface area contributed by atoms with E-state index in [-0.39, 0.29) is 11.3 Å². The van der Waals surface area contributed by atoms with Crippen LogP contribution < -0.4 is 0 Å². The third-order valence-corrected chi connectivity index (χ3v) is 1.75. The molecule has 0 heterocycles. The van der Waals surface area contributed by atoms with E-state index in [1.54, 1.807) is 0 Å². The van der Waals surface area contributed by atoms with Gasteiger partial charge in [-0.25, -0.2) is 4.79 Å². The van der Waals surface area contributed by atoms with E-state index in [1.165, 1.54) is 25.3 Å². The summed E-state index contributed by atoms with van der Waals surface area (Å²) in [4.78, 5) is 13.8. The van der Waals surface area contributed by atoms with Gasteiger partial charge in [-0.1, -0.05) is 22.8 Å². The lowest BCUT2D eigenvalue weighted by molar-refractivity contribution is 0.0601. The van der Waals surface area contributed by atoms with E-state index in [2.05, 4.69) is 14.8 Å². The van der Waals surface area contributed by atoms with E-state index in [0.717, 1.165) is 0 Å². The molecule has 6 heteroatoms. The topological polar surface area (TPSA) is 75.1 Å². The highest BCUT2D eigenvalue weighted by Crippen LogP contribution is 2.24. The predicted molar refractivity (Wildman–Crippen MR) is 51.6 cm³/mol. The second kappa shape index (κ2) is 4.50. The fourth-order valence-corrected chi connectivity index (χ4v) is 1.09. The molecule has 0 aromatic heterocycles. The molecule has 14 heavy (non-hydrogen) atoms. The second-order valence-corrected chi connectivity index (χ2v) is 2.78. The zero-order valence-electron chi connectivity index (χ0n) is 7.27. The van der Waals surface area contributed by atoms with Gasteiger partial charge in [0.1, 0.15) is 0 Å². The van der Waals surface area contributed by atoms with Crippen LogP contribution in [-0.4, -0.2) is 13.1 Å². The lowest BCUT2D eigenvalue weighted by Gasteiger charge is -2.02. The molecule has 0 aliphatic rings. The smallest absolute Gasteiger partial charge is 0.338 e. The molecule has 0 radical (unpaired) electrons. The van der Waals surface area contributed by atoms with Crippen molar-refractivity contribution in [2.45, 2.75) is 0 Å². The number of carbonyl (C=O) groups excluding carboxylic acids is 1. The number of benzene rings is 1. The number of ether oxygens (including phenoxy) is 1. The van der Waals surface area contributed by atoms with Crippen molar-refractivity contribution in [3.63, 3.8) is 0 Å². The molecular weight excluding hydrogens is 206 g/mol. The molecular formula is C8H6ClN3O2. The number of hydrogen-bond acceptors (Lipinski definition) is 3. The number of azide groups is 1. The van der Waals surface area contributed by atoms with Gasteiger partial charge in [-0.2, -0.15) is 0 Å². The maximum atomic E-state index is 11.2. The minimum absolute atomic E-state index is 0.151. The van der Waals surface area contributed by atoms with Crippen molar-refractivity contribution in [1.29, 1.82) is 0 Å². The summed E-state index contributed by atoms with van der Waals surface area (Å²) in [7, 11) is 1.24. The molecule has 72 valence electrons. The summed E-state index contributed by atoms with van der Waals surface area (Å²) in [6.45, 7) is 0. The Hall–Kier alpha value is -1.71. The Morgan fingerprint density at radius 2 is 2.36 bits per heavy atom. The highest BCUT2D eigenvalue weighted by molar-refractivity contribution is 6.31. The van der Waals surface area contributed by atoms with E-state index < -0.39 is 5.97 Å². The summed E-state index contributed by atoms with van der Waals surface area (Å²) in [6, 6.07) is 4.36. The maximum absolute atomic E-state index is 11.2. The van der Waals surface area contributed by atoms with Gasteiger partial charge in [0, 0.05) is 9.93 Å². The SMILES string of the molecule is COC(=O)c1cc(Cl)ccc1N=[N+]=[N-]. The Morgan fingerprint density at radius 3 is 2.93 bits per heavy atom. The maximum Gasteiger partial charge on any atom is 0.338 e. The molecule has 0 amide bonds. The van der Waals surface area contributed by atoms with Crippen LogP contribution in [0.25, 0.3) is 10.4 Å². The zero-order chi connectivity index (χ0) is 10.6. The predicted octanol–water partition coefficient (Wildman–Crippen LogP) is 3.07. The molecule has 0 spiro atoms. The molecule has 1 rings (SSSR count). The molecule has 1 aromatic rings. The Morgan fingerprint density at radius 1 is 1.64 bits per heavy atom. The Kier molecular flexibility index (Phi) is 3.34. The molecule has 5 nitrogen and oxygen atoms in total. The van der Waals surface area contributed by atoms with Crippen molar-refractivity contribution >= 4 is 23.3 Å². The van der Waals surface area contributed by atoms with Crippen molar-refractivity contribution < 1.29 is 9.53 Å². The largest absolute Gasteiger partial charge is 0.465 e. The monoisotopic (exact) mass is 211 g/mol. The van der Waals surface area contributed by atoms with Crippen molar-refractivity contribution in [1.82, 2.24) is 0 Å². The van der Waals surface area contributed by atoms with Crippen LogP contribution in [0.5, 0.6) is 0 Å². The minimum Gasteiger partial charge on any atom is -0.465 e. The number of esters is 1. The van der Waals surface area contributed by atoms with Crippen LogP contribution in [0, 0.1) is 0 Å². The molecule has 0 aliphatic heterocycles. The molecule has 0 saturated carbocycles. The van der Waals surface area contributed by atoms with Gasteiger partial charge in [-0.3, -0.25) is 0 Å². The first-order chi connectivity index (χ1) is 6.69. The van der Waals surface area contributed by atoms with Crippen LogP contribution in [0.1, 0.15) is 10.4 Å². The Bertz CT molecular complexity index is 413. The van der Waals surface area contributed by atoms with Crippen molar-refractivity contribution in [2.24, 2.45) is 5.11 Å². The molecule has 0 bridgehead atoms. The standard InChI is InChI=1S/C8H6ClN3O2/c1-14-8(13)6-4-5(9)2-3-7(6)11-12-10/h2-4H,1H3. The fraction of sp³-hybridized carbons (Fsp3) is 0.125. The number of hydrogen-bond donors (Lipinski definition) is 0. The highest BCUT2D eigenvalue weighted by atomic mass is 35.5. The molecule has 0 N–H and O–H groups in total. The van der Waals surface area contributed by atoms with Gasteiger partial charge in [0.25, 0.3) is 0 Å². The average Bonchev–Trinajstić information content (AvgIpc) is 2.20. The van der Waals surface area contributed by atoms with Gasteiger partial charge in [0.15, 0.2) is 0 Å². The van der Waals surface area contributed by atoms with Gasteiger partial charge in [0.05, 0.1) is 18.4 Å². The lowest BCUT2D eigenvalue weighted by atomic mass is 10.2.